The van der Waals surface area contributed by atoms with Crippen LogP contribution >= 0.6 is 11.6 Å². The highest BCUT2D eigenvalue weighted by Crippen LogP contribution is 2.24. The zero-order chi connectivity index (χ0) is 23.8. The van der Waals surface area contributed by atoms with Gasteiger partial charge in [0.05, 0.1) is 11.8 Å². The molecule has 0 heterocycles. The third kappa shape index (κ3) is 7.19. The Bertz CT molecular complexity index is 1160. The molecule has 170 valence electrons. The summed E-state index contributed by atoms with van der Waals surface area (Å²) in [5.41, 5.74) is 5.58. The first-order chi connectivity index (χ1) is 15.8. The van der Waals surface area contributed by atoms with Gasteiger partial charge in [-0.1, -0.05) is 49.7 Å². The van der Waals surface area contributed by atoms with Crippen molar-refractivity contribution >= 4 is 29.7 Å². The Morgan fingerprint density at radius 1 is 1.06 bits per heavy atom. The van der Waals surface area contributed by atoms with Crippen LogP contribution in [0.3, 0.4) is 0 Å². The molecule has 6 nitrogen and oxygen atoms in total. The lowest BCUT2D eigenvalue weighted by molar-refractivity contribution is -0.123. The maximum absolute atomic E-state index is 12.2. The monoisotopic (exact) mass is 464 g/mol. The first-order valence-electron chi connectivity index (χ1n) is 10.4. The van der Waals surface area contributed by atoms with Crippen LogP contribution in [-0.4, -0.2) is 24.7 Å². The normalized spacial score (nSPS) is 10.9. The zero-order valence-electron chi connectivity index (χ0n) is 18.7. The highest BCUT2D eigenvalue weighted by molar-refractivity contribution is 6.30. The number of esters is 1. The Morgan fingerprint density at radius 2 is 1.82 bits per heavy atom. The molecule has 0 fully saturated rings. The molecule has 0 saturated carbocycles. The number of ether oxygens (including phenoxy) is 2. The highest BCUT2D eigenvalue weighted by Gasteiger charge is 2.09. The minimum Gasteiger partial charge on any atom is -0.483 e. The van der Waals surface area contributed by atoms with Crippen molar-refractivity contribution in [3.05, 3.63) is 94.0 Å². The van der Waals surface area contributed by atoms with Gasteiger partial charge < -0.3 is 9.47 Å². The number of benzene rings is 3. The summed E-state index contributed by atoms with van der Waals surface area (Å²) in [6.07, 6.45) is 1.46. The van der Waals surface area contributed by atoms with Crippen LogP contribution in [0, 0.1) is 6.92 Å². The summed E-state index contributed by atoms with van der Waals surface area (Å²) < 4.78 is 11.0. The van der Waals surface area contributed by atoms with Crippen LogP contribution in [0.1, 0.15) is 46.8 Å². The first kappa shape index (κ1) is 24.0. The number of amides is 1. The predicted octanol–water partition coefficient (Wildman–Crippen LogP) is 5.52. The summed E-state index contributed by atoms with van der Waals surface area (Å²) in [5, 5.41) is 4.49. The standard InChI is InChI=1S/C26H25ClN2O4/c1-17(2)21-8-7-18(3)24(14-21)32-16-25(30)29-28-15-19-5-4-6-23(13-19)33-26(31)20-9-11-22(27)12-10-20/h4-15,17H,16H2,1-3H3,(H,29,30). The number of nitrogens with zero attached hydrogens (tertiary/aromatic N) is 1. The second kappa shape index (κ2) is 11.3. The molecule has 0 aliphatic rings. The first-order valence-corrected chi connectivity index (χ1v) is 10.8. The molecular weight excluding hydrogens is 440 g/mol. The lowest BCUT2D eigenvalue weighted by atomic mass is 10.0. The van der Waals surface area contributed by atoms with E-state index in [-0.39, 0.29) is 12.5 Å². The molecule has 0 aliphatic heterocycles. The Labute approximate surface area is 198 Å². The van der Waals surface area contributed by atoms with Crippen LogP contribution in [0.5, 0.6) is 11.5 Å². The molecule has 0 radical (unpaired) electrons. The second-order valence-corrected chi connectivity index (χ2v) is 8.17. The van der Waals surface area contributed by atoms with Crippen LogP contribution in [0.15, 0.2) is 71.8 Å². The fourth-order valence-electron chi connectivity index (χ4n) is 2.90. The van der Waals surface area contributed by atoms with E-state index in [1.165, 1.54) is 6.21 Å². The largest absolute Gasteiger partial charge is 0.483 e. The van der Waals surface area contributed by atoms with Gasteiger partial charge in [0.25, 0.3) is 5.91 Å². The lowest BCUT2D eigenvalue weighted by Crippen LogP contribution is -2.24. The van der Waals surface area contributed by atoms with E-state index in [0.717, 1.165) is 11.1 Å². The van der Waals surface area contributed by atoms with E-state index in [4.69, 9.17) is 21.1 Å². The maximum atomic E-state index is 12.2. The third-order valence-electron chi connectivity index (χ3n) is 4.79. The minimum absolute atomic E-state index is 0.154. The summed E-state index contributed by atoms with van der Waals surface area (Å²) in [7, 11) is 0. The van der Waals surface area contributed by atoms with Crippen molar-refractivity contribution in [2.75, 3.05) is 6.61 Å². The van der Waals surface area contributed by atoms with E-state index in [0.29, 0.717) is 33.6 Å². The van der Waals surface area contributed by atoms with E-state index in [1.807, 2.05) is 19.1 Å². The zero-order valence-corrected chi connectivity index (χ0v) is 19.4. The Hall–Kier alpha value is -3.64. The number of rotatable bonds is 8. The number of halogens is 1. The highest BCUT2D eigenvalue weighted by atomic mass is 35.5. The second-order valence-electron chi connectivity index (χ2n) is 7.73. The number of aryl methyl sites for hydroxylation is 1. The summed E-state index contributed by atoms with van der Waals surface area (Å²) in [4.78, 5) is 24.3. The van der Waals surface area contributed by atoms with Crippen molar-refractivity contribution in [1.29, 1.82) is 0 Å². The van der Waals surface area contributed by atoms with E-state index < -0.39 is 5.97 Å². The molecule has 3 aromatic carbocycles. The van der Waals surface area contributed by atoms with Crippen LogP contribution in [0.2, 0.25) is 5.02 Å². The van der Waals surface area contributed by atoms with E-state index in [2.05, 4.69) is 30.4 Å². The Balaban J connectivity index is 1.53. The maximum Gasteiger partial charge on any atom is 0.343 e. The molecule has 1 N–H and O–H groups in total. The average molecular weight is 465 g/mol. The van der Waals surface area contributed by atoms with Crippen molar-refractivity contribution in [2.45, 2.75) is 26.7 Å². The number of carbonyl (C=O) groups excluding carboxylic acids is 2. The van der Waals surface area contributed by atoms with Crippen molar-refractivity contribution in [3.63, 3.8) is 0 Å². The number of nitrogens with one attached hydrogen (secondary N) is 1. The van der Waals surface area contributed by atoms with Crippen LogP contribution in [0.4, 0.5) is 0 Å². The quantitative estimate of drug-likeness (QED) is 0.206. The van der Waals surface area contributed by atoms with Gasteiger partial charge >= 0.3 is 5.97 Å². The minimum atomic E-state index is -0.497. The molecule has 3 rings (SSSR count). The predicted molar refractivity (Wildman–Crippen MR) is 129 cm³/mol. The lowest BCUT2D eigenvalue weighted by Gasteiger charge is -2.12. The molecular formula is C26H25ClN2O4. The summed E-state index contributed by atoms with van der Waals surface area (Å²) in [6, 6.07) is 19.2. The number of hydrazone groups is 1. The number of hydrogen-bond donors (Lipinski definition) is 1. The van der Waals surface area contributed by atoms with Gasteiger partial charge in [0.15, 0.2) is 6.61 Å². The Morgan fingerprint density at radius 3 is 2.55 bits per heavy atom. The molecule has 0 unspecified atom stereocenters. The van der Waals surface area contributed by atoms with Gasteiger partial charge in [-0.15, -0.1) is 0 Å². The van der Waals surface area contributed by atoms with Gasteiger partial charge in [0.1, 0.15) is 11.5 Å². The Kier molecular flexibility index (Phi) is 8.22. The molecule has 3 aromatic rings. The molecule has 1 amide bonds. The van der Waals surface area contributed by atoms with E-state index in [1.54, 1.807) is 48.5 Å². The molecule has 33 heavy (non-hydrogen) atoms. The van der Waals surface area contributed by atoms with Gasteiger partial charge in [0.2, 0.25) is 0 Å². The van der Waals surface area contributed by atoms with Crippen molar-refractivity contribution in [2.24, 2.45) is 5.10 Å². The van der Waals surface area contributed by atoms with Crippen LogP contribution in [0.25, 0.3) is 0 Å². The molecule has 0 aromatic heterocycles. The molecule has 0 aliphatic carbocycles. The van der Waals surface area contributed by atoms with Crippen molar-refractivity contribution in [3.8, 4) is 11.5 Å². The van der Waals surface area contributed by atoms with Gasteiger partial charge in [-0.2, -0.15) is 5.10 Å². The number of carbonyl (C=O) groups is 2. The summed E-state index contributed by atoms with van der Waals surface area (Å²) in [5.74, 6) is 0.520. The van der Waals surface area contributed by atoms with Crippen LogP contribution < -0.4 is 14.9 Å². The van der Waals surface area contributed by atoms with E-state index in [9.17, 15) is 9.59 Å². The van der Waals surface area contributed by atoms with Gasteiger partial charge in [-0.25, -0.2) is 10.2 Å². The number of hydrogen-bond acceptors (Lipinski definition) is 5. The third-order valence-corrected chi connectivity index (χ3v) is 5.04. The SMILES string of the molecule is Cc1ccc(C(C)C)cc1OCC(=O)NN=Cc1cccc(OC(=O)c2ccc(Cl)cc2)c1. The van der Waals surface area contributed by atoms with E-state index >= 15 is 0 Å². The van der Waals surface area contributed by atoms with Gasteiger partial charge in [0, 0.05) is 5.02 Å². The smallest absolute Gasteiger partial charge is 0.343 e. The van der Waals surface area contributed by atoms with Gasteiger partial charge in [-0.05, 0) is 72.0 Å². The van der Waals surface area contributed by atoms with Gasteiger partial charge in [-0.3, -0.25) is 4.79 Å². The topological polar surface area (TPSA) is 77.0 Å². The van der Waals surface area contributed by atoms with Crippen LogP contribution in [-0.2, 0) is 4.79 Å². The van der Waals surface area contributed by atoms with Crippen molar-refractivity contribution in [1.82, 2.24) is 5.43 Å². The molecule has 0 atom stereocenters. The average Bonchev–Trinajstić information content (AvgIpc) is 2.79. The summed E-state index contributed by atoms with van der Waals surface area (Å²) in [6.45, 7) is 5.98. The molecule has 7 heteroatoms. The molecule has 0 spiro atoms. The van der Waals surface area contributed by atoms with Crippen molar-refractivity contribution < 1.29 is 19.1 Å². The fourth-order valence-corrected chi connectivity index (χ4v) is 3.02. The summed E-state index contributed by atoms with van der Waals surface area (Å²) >= 11 is 5.84. The fraction of sp³-hybridized carbons (Fsp3) is 0.192. The molecule has 0 bridgehead atoms. The molecule has 0 saturated heterocycles.